The van der Waals surface area contributed by atoms with Gasteiger partial charge in [-0.1, -0.05) is 15.9 Å². The monoisotopic (exact) mass is 291 g/mol. The van der Waals surface area contributed by atoms with Crippen molar-refractivity contribution in [2.75, 3.05) is 18.0 Å². The van der Waals surface area contributed by atoms with Crippen LogP contribution in [0.1, 0.15) is 0 Å². The van der Waals surface area contributed by atoms with Gasteiger partial charge in [0.1, 0.15) is 5.88 Å². The number of rotatable bonds is 2. The fraction of sp³-hybridized carbons (Fsp3) is 0.222. The predicted molar refractivity (Wildman–Crippen MR) is 59.6 cm³/mol. The molecule has 1 N–H and O–H groups in total. The van der Waals surface area contributed by atoms with Crippen molar-refractivity contribution < 1.29 is 14.3 Å². The number of halogens is 2. The highest BCUT2D eigenvalue weighted by Gasteiger charge is 2.19. The number of nitrogens with one attached hydrogen (secondary N) is 1. The first-order valence-electron chi connectivity index (χ1n) is 4.15. The maximum atomic E-state index is 11.1. The normalized spacial score (nSPS) is 12.7. The standard InChI is InChI=1S/C9H7BrClNO3/c10-5-1-6(12-8(13)3-11)9-7(2-5)14-4-15-9/h1-2H,3-4H2,(H,12,13). The minimum absolute atomic E-state index is 0.0951. The number of carbonyl (C=O) groups is 1. The summed E-state index contributed by atoms with van der Waals surface area (Å²) in [6.07, 6.45) is 0. The molecule has 0 saturated heterocycles. The second kappa shape index (κ2) is 4.28. The van der Waals surface area contributed by atoms with Crippen LogP contribution in [0.2, 0.25) is 0 Å². The molecule has 0 bridgehead atoms. The van der Waals surface area contributed by atoms with Gasteiger partial charge in [0.25, 0.3) is 0 Å². The van der Waals surface area contributed by atoms with Crippen LogP contribution < -0.4 is 14.8 Å². The first kappa shape index (κ1) is 10.6. The molecule has 0 radical (unpaired) electrons. The molecule has 80 valence electrons. The van der Waals surface area contributed by atoms with Crippen LogP contribution in [0.15, 0.2) is 16.6 Å². The molecule has 0 saturated carbocycles. The zero-order valence-corrected chi connectivity index (χ0v) is 9.89. The van der Waals surface area contributed by atoms with Crippen molar-refractivity contribution in [1.82, 2.24) is 0 Å². The number of alkyl halides is 1. The minimum Gasteiger partial charge on any atom is -0.453 e. The summed E-state index contributed by atoms with van der Waals surface area (Å²) in [5.74, 6) is 0.765. The average molecular weight is 293 g/mol. The van der Waals surface area contributed by atoms with Gasteiger partial charge in [0, 0.05) is 4.47 Å². The average Bonchev–Trinajstić information content (AvgIpc) is 2.65. The minimum atomic E-state index is -0.285. The molecule has 0 spiro atoms. The van der Waals surface area contributed by atoms with Crippen LogP contribution >= 0.6 is 27.5 Å². The summed E-state index contributed by atoms with van der Waals surface area (Å²) < 4.78 is 11.2. The molecule has 0 fully saturated rings. The Balaban J connectivity index is 2.34. The van der Waals surface area contributed by atoms with Crippen LogP contribution in [0.4, 0.5) is 5.69 Å². The second-order valence-corrected chi connectivity index (χ2v) is 4.05. The summed E-state index contributed by atoms with van der Waals surface area (Å²) in [7, 11) is 0. The quantitative estimate of drug-likeness (QED) is 0.851. The molecule has 0 aromatic heterocycles. The van der Waals surface area contributed by atoms with E-state index in [4.69, 9.17) is 21.1 Å². The Hall–Kier alpha value is -0.940. The van der Waals surface area contributed by atoms with E-state index >= 15 is 0 Å². The lowest BCUT2D eigenvalue weighted by molar-refractivity contribution is -0.113. The molecule has 0 aliphatic carbocycles. The third kappa shape index (κ3) is 2.18. The number of ether oxygens (including phenoxy) is 2. The largest absolute Gasteiger partial charge is 0.453 e. The van der Waals surface area contributed by atoms with E-state index in [0.717, 1.165) is 4.47 Å². The third-order valence-corrected chi connectivity index (χ3v) is 2.53. The molecule has 4 nitrogen and oxygen atoms in total. The van der Waals surface area contributed by atoms with Gasteiger partial charge in [-0.25, -0.2) is 0 Å². The number of carbonyl (C=O) groups excluding carboxylic acids is 1. The highest BCUT2D eigenvalue weighted by Crippen LogP contribution is 2.41. The summed E-state index contributed by atoms with van der Waals surface area (Å²) in [6.45, 7) is 0.162. The van der Waals surface area contributed by atoms with E-state index in [1.807, 2.05) is 0 Å². The lowest BCUT2D eigenvalue weighted by Gasteiger charge is -2.07. The van der Waals surface area contributed by atoms with Crippen molar-refractivity contribution in [1.29, 1.82) is 0 Å². The molecule has 0 atom stereocenters. The number of benzene rings is 1. The van der Waals surface area contributed by atoms with Gasteiger partial charge in [-0.3, -0.25) is 4.79 Å². The fourth-order valence-electron chi connectivity index (χ4n) is 1.25. The van der Waals surface area contributed by atoms with Gasteiger partial charge >= 0.3 is 0 Å². The number of amides is 1. The third-order valence-electron chi connectivity index (χ3n) is 1.83. The van der Waals surface area contributed by atoms with E-state index in [2.05, 4.69) is 21.2 Å². The topological polar surface area (TPSA) is 47.6 Å². The molecule has 0 unspecified atom stereocenters. The Morgan fingerprint density at radius 3 is 3.07 bits per heavy atom. The van der Waals surface area contributed by atoms with Crippen molar-refractivity contribution in [2.24, 2.45) is 0 Å². The zero-order valence-electron chi connectivity index (χ0n) is 7.55. The van der Waals surface area contributed by atoms with Crippen molar-refractivity contribution >= 4 is 39.1 Å². The van der Waals surface area contributed by atoms with Crippen LogP contribution in [0.25, 0.3) is 0 Å². The molecule has 1 aliphatic heterocycles. The van der Waals surface area contributed by atoms with Crippen LogP contribution in [0.5, 0.6) is 11.5 Å². The van der Waals surface area contributed by atoms with Crippen molar-refractivity contribution in [3.63, 3.8) is 0 Å². The van der Waals surface area contributed by atoms with Crippen LogP contribution in [-0.4, -0.2) is 18.6 Å². The van der Waals surface area contributed by atoms with Gasteiger partial charge in [0.05, 0.1) is 5.69 Å². The van der Waals surface area contributed by atoms with Crippen LogP contribution in [0, 0.1) is 0 Å². The summed E-state index contributed by atoms with van der Waals surface area (Å²) in [5, 5.41) is 2.63. The molecular weight excluding hydrogens is 285 g/mol. The van der Waals surface area contributed by atoms with Gasteiger partial charge < -0.3 is 14.8 Å². The molecule has 1 aromatic carbocycles. The van der Waals surface area contributed by atoms with Gasteiger partial charge in [0.15, 0.2) is 11.5 Å². The summed E-state index contributed by atoms with van der Waals surface area (Å²) in [5.41, 5.74) is 0.558. The van der Waals surface area contributed by atoms with E-state index in [1.165, 1.54) is 0 Å². The Kier molecular flexibility index (Phi) is 3.02. The fourth-order valence-corrected chi connectivity index (χ4v) is 1.76. The highest BCUT2D eigenvalue weighted by molar-refractivity contribution is 9.10. The number of hydrogen-bond donors (Lipinski definition) is 1. The molecule has 15 heavy (non-hydrogen) atoms. The lowest BCUT2D eigenvalue weighted by atomic mass is 10.2. The highest BCUT2D eigenvalue weighted by atomic mass is 79.9. The maximum Gasteiger partial charge on any atom is 0.239 e. The van der Waals surface area contributed by atoms with Crippen molar-refractivity contribution in [3.05, 3.63) is 16.6 Å². The smallest absolute Gasteiger partial charge is 0.239 e. The van der Waals surface area contributed by atoms with Gasteiger partial charge in [-0.05, 0) is 12.1 Å². The number of fused-ring (bicyclic) bond motifs is 1. The predicted octanol–water partition coefficient (Wildman–Crippen LogP) is 2.36. The summed E-state index contributed by atoms with van der Waals surface area (Å²) in [6, 6.07) is 3.51. The molecular formula is C9H7BrClNO3. The maximum absolute atomic E-state index is 11.1. The summed E-state index contributed by atoms with van der Waals surface area (Å²) >= 11 is 8.70. The first-order chi connectivity index (χ1) is 7.20. The van der Waals surface area contributed by atoms with Crippen molar-refractivity contribution in [2.45, 2.75) is 0 Å². The van der Waals surface area contributed by atoms with E-state index in [0.29, 0.717) is 17.2 Å². The molecule has 2 rings (SSSR count). The lowest BCUT2D eigenvalue weighted by Crippen LogP contribution is -2.13. The molecule has 1 heterocycles. The van der Waals surface area contributed by atoms with Crippen LogP contribution in [0.3, 0.4) is 0 Å². The Morgan fingerprint density at radius 1 is 1.53 bits per heavy atom. The molecule has 6 heteroatoms. The molecule has 1 aromatic rings. The SMILES string of the molecule is O=C(CCl)Nc1cc(Br)cc2c1OCO2. The van der Waals surface area contributed by atoms with Gasteiger partial charge in [-0.2, -0.15) is 0 Å². The van der Waals surface area contributed by atoms with E-state index in [-0.39, 0.29) is 18.6 Å². The van der Waals surface area contributed by atoms with Gasteiger partial charge in [-0.15, -0.1) is 11.6 Å². The Bertz CT molecular complexity index is 411. The number of anilines is 1. The van der Waals surface area contributed by atoms with E-state index in [9.17, 15) is 4.79 Å². The van der Waals surface area contributed by atoms with Gasteiger partial charge in [0.2, 0.25) is 12.7 Å². The Morgan fingerprint density at radius 2 is 2.33 bits per heavy atom. The summed E-state index contributed by atoms with van der Waals surface area (Å²) in [4.78, 5) is 11.1. The van der Waals surface area contributed by atoms with E-state index in [1.54, 1.807) is 12.1 Å². The van der Waals surface area contributed by atoms with E-state index < -0.39 is 0 Å². The van der Waals surface area contributed by atoms with Crippen molar-refractivity contribution in [3.8, 4) is 11.5 Å². The first-order valence-corrected chi connectivity index (χ1v) is 5.48. The molecule has 1 amide bonds. The Labute approximate surface area is 99.6 Å². The zero-order chi connectivity index (χ0) is 10.8. The molecule has 1 aliphatic rings. The van der Waals surface area contributed by atoms with Crippen LogP contribution in [-0.2, 0) is 4.79 Å². The second-order valence-electron chi connectivity index (χ2n) is 2.87. The number of hydrogen-bond acceptors (Lipinski definition) is 3.